The first-order valence-corrected chi connectivity index (χ1v) is 6.52. The predicted molar refractivity (Wildman–Crippen MR) is 81.8 cm³/mol. The van der Waals surface area contributed by atoms with Crippen LogP contribution in [0.4, 0.5) is 8.78 Å². The molecule has 3 rings (SSSR count). The molecule has 0 bridgehead atoms. The summed E-state index contributed by atoms with van der Waals surface area (Å²) >= 11 is 0. The molecule has 2 heterocycles. The van der Waals surface area contributed by atoms with Crippen molar-refractivity contribution in [2.45, 2.75) is 19.9 Å². The zero-order valence-corrected chi connectivity index (χ0v) is 12.7. The summed E-state index contributed by atoms with van der Waals surface area (Å²) in [6, 6.07) is 6.29. The van der Waals surface area contributed by atoms with Crippen molar-refractivity contribution in [2.24, 2.45) is 0 Å². The van der Waals surface area contributed by atoms with Gasteiger partial charge in [0, 0.05) is 29.8 Å². The highest BCUT2D eigenvalue weighted by Gasteiger charge is 2.09. The molecule has 0 unspecified atom stereocenters. The summed E-state index contributed by atoms with van der Waals surface area (Å²) in [5.74, 6) is 0.907. The Labute approximate surface area is 132 Å². The Kier molecular flexibility index (Phi) is 4.92. The highest BCUT2D eigenvalue weighted by molar-refractivity contribution is 5.85. The highest BCUT2D eigenvalue weighted by Crippen LogP contribution is 2.21. The third kappa shape index (κ3) is 3.33. The number of halogens is 3. The second-order valence-corrected chi connectivity index (χ2v) is 4.77. The lowest BCUT2D eigenvalue weighted by molar-refractivity contribution is 0.151. The maximum absolute atomic E-state index is 12.7. The number of benzene rings is 1. The van der Waals surface area contributed by atoms with Crippen molar-refractivity contribution in [2.75, 3.05) is 0 Å². The third-order valence-electron chi connectivity index (χ3n) is 3.31. The van der Waals surface area contributed by atoms with Gasteiger partial charge in [0.05, 0.1) is 18.6 Å². The van der Waals surface area contributed by atoms with E-state index in [2.05, 4.69) is 9.97 Å². The number of nitrogens with zero attached hydrogens (tertiary/aromatic N) is 4. The van der Waals surface area contributed by atoms with Gasteiger partial charge in [0.15, 0.2) is 0 Å². The number of hydrogen-bond donors (Lipinski definition) is 0. The van der Waals surface area contributed by atoms with Gasteiger partial charge in [-0.2, -0.15) is 0 Å². The minimum atomic E-state index is -2.47. The van der Waals surface area contributed by atoms with Crippen molar-refractivity contribution in [3.05, 3.63) is 66.3 Å². The van der Waals surface area contributed by atoms with Crippen molar-refractivity contribution in [1.29, 1.82) is 0 Å². The van der Waals surface area contributed by atoms with Gasteiger partial charge in [0.1, 0.15) is 5.82 Å². The molecule has 1 aromatic carbocycles. The molecular formula is C15H15ClF2N4. The van der Waals surface area contributed by atoms with Gasteiger partial charge in [-0.05, 0) is 19.1 Å². The van der Waals surface area contributed by atoms with Gasteiger partial charge in [-0.3, -0.25) is 0 Å². The average Bonchev–Trinajstić information content (AvgIpc) is 3.10. The topological polar surface area (TPSA) is 35.6 Å². The summed E-state index contributed by atoms with van der Waals surface area (Å²) in [5, 5.41) is 0. The Balaban J connectivity index is 0.00000176. The molecule has 2 aromatic heterocycles. The molecule has 4 nitrogen and oxygen atoms in total. The van der Waals surface area contributed by atoms with E-state index in [1.807, 2.05) is 23.9 Å². The summed E-state index contributed by atoms with van der Waals surface area (Å²) in [7, 11) is 0. The van der Waals surface area contributed by atoms with Crippen LogP contribution in [0.2, 0.25) is 0 Å². The second-order valence-electron chi connectivity index (χ2n) is 4.77. The van der Waals surface area contributed by atoms with Gasteiger partial charge in [-0.25, -0.2) is 18.7 Å². The van der Waals surface area contributed by atoms with Crippen LogP contribution in [-0.2, 0) is 6.54 Å². The second kappa shape index (κ2) is 6.70. The van der Waals surface area contributed by atoms with E-state index in [0.29, 0.717) is 12.2 Å². The molecule has 0 aliphatic heterocycles. The summed E-state index contributed by atoms with van der Waals surface area (Å²) < 4.78 is 29.2. The van der Waals surface area contributed by atoms with Crippen LogP contribution in [0, 0.1) is 6.92 Å². The summed E-state index contributed by atoms with van der Waals surface area (Å²) in [6.45, 7) is 2.52. The minimum Gasteiger partial charge on any atom is -0.329 e. The average molecular weight is 325 g/mol. The van der Waals surface area contributed by atoms with Crippen LogP contribution in [0.1, 0.15) is 23.5 Å². The Bertz CT molecular complexity index is 751. The molecule has 0 N–H and O–H groups in total. The van der Waals surface area contributed by atoms with Crippen molar-refractivity contribution in [3.63, 3.8) is 0 Å². The van der Waals surface area contributed by atoms with E-state index < -0.39 is 6.43 Å². The van der Waals surface area contributed by atoms with Crippen LogP contribution in [0.15, 0.2) is 49.2 Å². The normalized spacial score (nSPS) is 10.7. The standard InChI is InChI=1S/C15H14F2N4.ClH/c1-11-18-5-6-20(11)8-13-9-21(10-19-13)14-4-2-3-12(7-14)15(16)17;/h2-7,9-10,15H,8H2,1H3;1H. The van der Waals surface area contributed by atoms with E-state index in [-0.39, 0.29) is 18.0 Å². The maximum Gasteiger partial charge on any atom is 0.263 e. The fourth-order valence-electron chi connectivity index (χ4n) is 2.15. The van der Waals surface area contributed by atoms with Crippen molar-refractivity contribution < 1.29 is 8.78 Å². The molecule has 0 spiro atoms. The molecule has 7 heteroatoms. The fraction of sp³-hybridized carbons (Fsp3) is 0.200. The zero-order chi connectivity index (χ0) is 14.8. The quantitative estimate of drug-likeness (QED) is 0.732. The number of imidazole rings is 2. The van der Waals surface area contributed by atoms with Gasteiger partial charge in [-0.15, -0.1) is 12.4 Å². The number of aromatic nitrogens is 4. The Morgan fingerprint density at radius 1 is 1.23 bits per heavy atom. The molecule has 0 saturated carbocycles. The first kappa shape index (κ1) is 16.2. The Morgan fingerprint density at radius 2 is 2.05 bits per heavy atom. The van der Waals surface area contributed by atoms with Gasteiger partial charge in [0.2, 0.25) is 0 Å². The van der Waals surface area contributed by atoms with Crippen LogP contribution in [-0.4, -0.2) is 19.1 Å². The van der Waals surface area contributed by atoms with Crippen molar-refractivity contribution >= 4 is 12.4 Å². The number of aryl methyl sites for hydroxylation is 1. The lowest BCUT2D eigenvalue weighted by Crippen LogP contribution is -2.01. The van der Waals surface area contributed by atoms with Crippen LogP contribution >= 0.6 is 12.4 Å². The Hall–Kier alpha value is -2.21. The molecular weight excluding hydrogens is 310 g/mol. The predicted octanol–water partition coefficient (Wildman–Crippen LogP) is 3.78. The lowest BCUT2D eigenvalue weighted by atomic mass is 10.2. The molecule has 0 fully saturated rings. The SMILES string of the molecule is Cc1nccn1Cc1cn(-c2cccc(C(F)F)c2)cn1.Cl. The summed E-state index contributed by atoms with van der Waals surface area (Å²) in [4.78, 5) is 8.46. The highest BCUT2D eigenvalue weighted by atomic mass is 35.5. The van der Waals surface area contributed by atoms with E-state index in [0.717, 1.165) is 11.5 Å². The molecule has 116 valence electrons. The molecule has 22 heavy (non-hydrogen) atoms. The van der Waals surface area contributed by atoms with Crippen LogP contribution in [0.3, 0.4) is 0 Å². The smallest absolute Gasteiger partial charge is 0.263 e. The van der Waals surface area contributed by atoms with Crippen molar-refractivity contribution in [3.8, 4) is 5.69 Å². The van der Waals surface area contributed by atoms with E-state index in [1.165, 1.54) is 12.1 Å². The van der Waals surface area contributed by atoms with Gasteiger partial charge in [-0.1, -0.05) is 12.1 Å². The summed E-state index contributed by atoms with van der Waals surface area (Å²) in [6.07, 6.45) is 4.61. The first-order valence-electron chi connectivity index (χ1n) is 6.52. The monoisotopic (exact) mass is 324 g/mol. The molecule has 0 atom stereocenters. The number of hydrogen-bond acceptors (Lipinski definition) is 2. The van der Waals surface area contributed by atoms with E-state index in [4.69, 9.17) is 0 Å². The molecule has 0 saturated heterocycles. The molecule has 0 aliphatic rings. The van der Waals surface area contributed by atoms with Gasteiger partial charge >= 0.3 is 0 Å². The zero-order valence-electron chi connectivity index (χ0n) is 11.9. The van der Waals surface area contributed by atoms with Gasteiger partial charge < -0.3 is 9.13 Å². The van der Waals surface area contributed by atoms with E-state index >= 15 is 0 Å². The third-order valence-corrected chi connectivity index (χ3v) is 3.31. The molecule has 0 radical (unpaired) electrons. The summed E-state index contributed by atoms with van der Waals surface area (Å²) in [5.41, 5.74) is 1.53. The number of alkyl halides is 2. The lowest BCUT2D eigenvalue weighted by Gasteiger charge is -2.05. The van der Waals surface area contributed by atoms with Crippen molar-refractivity contribution in [1.82, 2.24) is 19.1 Å². The number of rotatable bonds is 4. The van der Waals surface area contributed by atoms with Crippen LogP contribution in [0.25, 0.3) is 5.69 Å². The molecule has 3 aromatic rings. The van der Waals surface area contributed by atoms with Gasteiger partial charge in [0.25, 0.3) is 6.43 Å². The first-order chi connectivity index (χ1) is 10.1. The Morgan fingerprint density at radius 3 is 2.73 bits per heavy atom. The van der Waals surface area contributed by atoms with Crippen LogP contribution < -0.4 is 0 Å². The van der Waals surface area contributed by atoms with Crippen LogP contribution in [0.5, 0.6) is 0 Å². The van der Waals surface area contributed by atoms with E-state index in [1.54, 1.807) is 29.2 Å². The molecule has 0 amide bonds. The largest absolute Gasteiger partial charge is 0.329 e. The fourth-order valence-corrected chi connectivity index (χ4v) is 2.15. The minimum absolute atomic E-state index is 0. The maximum atomic E-state index is 12.7. The molecule has 0 aliphatic carbocycles. The van der Waals surface area contributed by atoms with E-state index in [9.17, 15) is 8.78 Å².